The second kappa shape index (κ2) is 7.73. The van der Waals surface area contributed by atoms with E-state index < -0.39 is 0 Å². The van der Waals surface area contributed by atoms with Crippen molar-refractivity contribution in [3.63, 3.8) is 0 Å². The van der Waals surface area contributed by atoms with Crippen LogP contribution in [-0.4, -0.2) is 22.8 Å². The average molecular weight is 343 g/mol. The summed E-state index contributed by atoms with van der Waals surface area (Å²) in [5.74, 6) is 1.47. The molecule has 0 saturated carbocycles. The second-order valence-electron chi connectivity index (χ2n) is 4.28. The van der Waals surface area contributed by atoms with E-state index in [4.69, 9.17) is 23.2 Å². The number of nitrogens with zero attached hydrogens (tertiary/aromatic N) is 2. The van der Waals surface area contributed by atoms with Crippen LogP contribution in [0.1, 0.15) is 13.3 Å². The minimum atomic E-state index is 0.478. The van der Waals surface area contributed by atoms with Crippen LogP contribution in [0, 0.1) is 0 Å². The third kappa shape index (κ3) is 4.40. The van der Waals surface area contributed by atoms with Gasteiger partial charge in [0.2, 0.25) is 0 Å². The van der Waals surface area contributed by atoms with Gasteiger partial charge in [-0.05, 0) is 24.8 Å². The molecule has 1 aromatic heterocycles. The van der Waals surface area contributed by atoms with Crippen LogP contribution < -0.4 is 10.6 Å². The van der Waals surface area contributed by atoms with Gasteiger partial charge in [0.15, 0.2) is 5.16 Å². The molecule has 7 heteroatoms. The molecule has 0 saturated heterocycles. The summed E-state index contributed by atoms with van der Waals surface area (Å²) in [4.78, 5) is 8.84. The number of rotatable bonds is 6. The van der Waals surface area contributed by atoms with Crippen LogP contribution in [0.5, 0.6) is 0 Å². The molecule has 0 unspecified atom stereocenters. The molecule has 0 amide bonds. The molecular formula is C14H16Cl2N4S. The SMILES string of the molecule is CCCNc1cc(Nc2cccc(Cl)c2Cl)nc(SC)n1. The zero-order valence-corrected chi connectivity index (χ0v) is 14.1. The van der Waals surface area contributed by atoms with Crippen molar-refractivity contribution in [1.82, 2.24) is 9.97 Å². The molecule has 0 aliphatic rings. The van der Waals surface area contributed by atoms with E-state index in [1.165, 1.54) is 11.8 Å². The van der Waals surface area contributed by atoms with E-state index >= 15 is 0 Å². The molecule has 1 aromatic carbocycles. The summed E-state index contributed by atoms with van der Waals surface area (Å²) in [6, 6.07) is 7.29. The van der Waals surface area contributed by atoms with Gasteiger partial charge in [-0.1, -0.05) is 48.0 Å². The predicted molar refractivity (Wildman–Crippen MR) is 92.3 cm³/mol. The standard InChI is InChI=1S/C14H16Cl2N4S/c1-3-7-17-11-8-12(20-14(19-11)21-2)18-10-6-4-5-9(15)13(10)16/h4-6,8H,3,7H2,1-2H3,(H2,17,18,19,20). The molecule has 0 spiro atoms. The lowest BCUT2D eigenvalue weighted by molar-refractivity contribution is 0.929. The Bertz CT molecular complexity index is 622. The fourth-order valence-corrected chi connectivity index (χ4v) is 2.39. The first-order chi connectivity index (χ1) is 10.1. The van der Waals surface area contributed by atoms with E-state index in [0.717, 1.165) is 24.5 Å². The smallest absolute Gasteiger partial charge is 0.191 e. The highest BCUT2D eigenvalue weighted by Crippen LogP contribution is 2.32. The number of nitrogens with one attached hydrogen (secondary N) is 2. The van der Waals surface area contributed by atoms with E-state index in [1.54, 1.807) is 6.07 Å². The number of thioether (sulfide) groups is 1. The lowest BCUT2D eigenvalue weighted by atomic mass is 10.3. The van der Waals surface area contributed by atoms with Gasteiger partial charge in [-0.3, -0.25) is 0 Å². The molecule has 4 nitrogen and oxygen atoms in total. The highest BCUT2D eigenvalue weighted by molar-refractivity contribution is 7.98. The number of benzene rings is 1. The molecule has 2 rings (SSSR count). The van der Waals surface area contributed by atoms with Crippen molar-refractivity contribution < 1.29 is 0 Å². The molecule has 0 atom stereocenters. The molecule has 2 aromatic rings. The maximum Gasteiger partial charge on any atom is 0.191 e. The van der Waals surface area contributed by atoms with Crippen molar-refractivity contribution in [1.29, 1.82) is 0 Å². The Morgan fingerprint density at radius 1 is 1.19 bits per heavy atom. The van der Waals surface area contributed by atoms with Gasteiger partial charge in [-0.25, -0.2) is 9.97 Å². The van der Waals surface area contributed by atoms with Crippen molar-refractivity contribution >= 4 is 52.3 Å². The molecule has 21 heavy (non-hydrogen) atoms. The van der Waals surface area contributed by atoms with Gasteiger partial charge in [-0.15, -0.1) is 0 Å². The normalized spacial score (nSPS) is 10.5. The fraction of sp³-hybridized carbons (Fsp3) is 0.286. The van der Waals surface area contributed by atoms with Gasteiger partial charge >= 0.3 is 0 Å². The molecule has 2 N–H and O–H groups in total. The van der Waals surface area contributed by atoms with Crippen molar-refractivity contribution in [2.24, 2.45) is 0 Å². The Morgan fingerprint density at radius 3 is 2.67 bits per heavy atom. The summed E-state index contributed by atoms with van der Waals surface area (Å²) in [5.41, 5.74) is 0.719. The van der Waals surface area contributed by atoms with Crippen LogP contribution in [-0.2, 0) is 0 Å². The topological polar surface area (TPSA) is 49.8 Å². The summed E-state index contributed by atoms with van der Waals surface area (Å²) >= 11 is 13.7. The van der Waals surface area contributed by atoms with Crippen LogP contribution in [0.3, 0.4) is 0 Å². The Hall–Kier alpha value is -1.17. The lowest BCUT2D eigenvalue weighted by Crippen LogP contribution is -2.05. The first-order valence-corrected chi connectivity index (χ1v) is 8.50. The van der Waals surface area contributed by atoms with E-state index in [1.807, 2.05) is 24.5 Å². The van der Waals surface area contributed by atoms with Gasteiger partial charge in [0.05, 0.1) is 15.7 Å². The first-order valence-electron chi connectivity index (χ1n) is 6.52. The van der Waals surface area contributed by atoms with E-state index in [2.05, 4.69) is 27.5 Å². The third-order valence-corrected chi connectivity index (χ3v) is 4.03. The van der Waals surface area contributed by atoms with E-state index in [0.29, 0.717) is 21.0 Å². The zero-order chi connectivity index (χ0) is 15.2. The van der Waals surface area contributed by atoms with E-state index in [-0.39, 0.29) is 0 Å². The molecule has 1 heterocycles. The number of aromatic nitrogens is 2. The third-order valence-electron chi connectivity index (χ3n) is 2.66. The minimum Gasteiger partial charge on any atom is -0.370 e. The van der Waals surface area contributed by atoms with Gasteiger partial charge in [0, 0.05) is 12.6 Å². The zero-order valence-electron chi connectivity index (χ0n) is 11.8. The Labute approximate surface area is 138 Å². The quantitative estimate of drug-likeness (QED) is 0.566. The summed E-state index contributed by atoms with van der Waals surface area (Å²) in [5, 5.41) is 8.12. The Kier molecular flexibility index (Phi) is 5.96. The fourth-order valence-electron chi connectivity index (χ4n) is 1.66. The molecule has 112 valence electrons. The highest BCUT2D eigenvalue weighted by atomic mass is 35.5. The largest absolute Gasteiger partial charge is 0.370 e. The van der Waals surface area contributed by atoms with Gasteiger partial charge in [-0.2, -0.15) is 0 Å². The maximum atomic E-state index is 6.18. The summed E-state index contributed by atoms with van der Waals surface area (Å²) in [7, 11) is 0. The summed E-state index contributed by atoms with van der Waals surface area (Å²) in [6.07, 6.45) is 2.97. The first kappa shape index (κ1) is 16.2. The number of hydrogen-bond donors (Lipinski definition) is 2. The Balaban J connectivity index is 2.28. The predicted octanol–water partition coefficient (Wildman–Crippen LogP) is 5.07. The number of anilines is 3. The average Bonchev–Trinajstić information content (AvgIpc) is 2.49. The molecule has 0 bridgehead atoms. The van der Waals surface area contributed by atoms with Crippen LogP contribution >= 0.6 is 35.0 Å². The van der Waals surface area contributed by atoms with Gasteiger partial charge < -0.3 is 10.6 Å². The Morgan fingerprint density at radius 2 is 1.95 bits per heavy atom. The second-order valence-corrected chi connectivity index (χ2v) is 5.84. The number of halogens is 2. The van der Waals surface area contributed by atoms with Crippen LogP contribution in [0.4, 0.5) is 17.3 Å². The number of hydrogen-bond acceptors (Lipinski definition) is 5. The van der Waals surface area contributed by atoms with Gasteiger partial charge in [0.1, 0.15) is 11.6 Å². The molecule has 0 radical (unpaired) electrons. The molecule has 0 aliphatic heterocycles. The van der Waals surface area contributed by atoms with Crippen molar-refractivity contribution in [3.05, 3.63) is 34.3 Å². The maximum absolute atomic E-state index is 6.18. The van der Waals surface area contributed by atoms with Crippen LogP contribution in [0.25, 0.3) is 0 Å². The van der Waals surface area contributed by atoms with Crippen LogP contribution in [0.2, 0.25) is 10.0 Å². The minimum absolute atomic E-state index is 0.478. The van der Waals surface area contributed by atoms with Crippen LogP contribution in [0.15, 0.2) is 29.4 Å². The lowest BCUT2D eigenvalue weighted by Gasteiger charge is -2.11. The molecule has 0 fully saturated rings. The van der Waals surface area contributed by atoms with Crippen molar-refractivity contribution in [2.75, 3.05) is 23.4 Å². The summed E-state index contributed by atoms with van der Waals surface area (Å²) in [6.45, 7) is 2.97. The molecular weight excluding hydrogens is 327 g/mol. The molecule has 0 aliphatic carbocycles. The monoisotopic (exact) mass is 342 g/mol. The highest BCUT2D eigenvalue weighted by Gasteiger charge is 2.08. The van der Waals surface area contributed by atoms with E-state index in [9.17, 15) is 0 Å². The van der Waals surface area contributed by atoms with Crippen molar-refractivity contribution in [3.8, 4) is 0 Å². The van der Waals surface area contributed by atoms with Gasteiger partial charge in [0.25, 0.3) is 0 Å². The summed E-state index contributed by atoms with van der Waals surface area (Å²) < 4.78 is 0. The van der Waals surface area contributed by atoms with Crippen molar-refractivity contribution in [2.45, 2.75) is 18.5 Å².